The average Bonchev–Trinajstić information content (AvgIpc) is 2.83. The van der Waals surface area contributed by atoms with Crippen LogP contribution in [0.4, 0.5) is 0 Å². The Kier molecular flexibility index (Phi) is 7.24. The lowest BCUT2D eigenvalue weighted by Gasteiger charge is -2.05. The molecule has 0 aliphatic carbocycles. The molecule has 0 unspecified atom stereocenters. The van der Waals surface area contributed by atoms with Gasteiger partial charge >= 0.3 is 0 Å². The molecule has 0 radical (unpaired) electrons. The Hall–Kier alpha value is -0.870. The SMILES string of the molecule is COCCNC(N)=NCCNS(=O)(=O)c1ccc(Cl)s1. The number of hydrogen-bond acceptors (Lipinski definition) is 5. The average molecular weight is 341 g/mol. The third kappa shape index (κ3) is 6.06. The van der Waals surface area contributed by atoms with Crippen molar-refractivity contribution >= 4 is 38.9 Å². The van der Waals surface area contributed by atoms with Crippen molar-refractivity contribution < 1.29 is 13.2 Å². The Morgan fingerprint density at radius 3 is 2.85 bits per heavy atom. The molecule has 1 aromatic rings. The van der Waals surface area contributed by atoms with Gasteiger partial charge in [0.25, 0.3) is 0 Å². The Morgan fingerprint density at radius 2 is 2.25 bits per heavy atom. The van der Waals surface area contributed by atoms with Crippen LogP contribution in [0.2, 0.25) is 4.34 Å². The Morgan fingerprint density at radius 1 is 1.50 bits per heavy atom. The molecular formula is C10H17ClN4O3S2. The Bertz CT molecular complexity index is 544. The third-order valence-corrected chi connectivity index (χ3v) is 5.30. The lowest BCUT2D eigenvalue weighted by Crippen LogP contribution is -2.35. The van der Waals surface area contributed by atoms with Gasteiger partial charge in [-0.25, -0.2) is 13.1 Å². The maximum Gasteiger partial charge on any atom is 0.250 e. The molecule has 0 atom stereocenters. The van der Waals surface area contributed by atoms with Crippen molar-refractivity contribution in [1.29, 1.82) is 0 Å². The molecule has 114 valence electrons. The summed E-state index contributed by atoms with van der Waals surface area (Å²) in [6.45, 7) is 1.46. The summed E-state index contributed by atoms with van der Waals surface area (Å²) >= 11 is 6.70. The van der Waals surface area contributed by atoms with Crippen LogP contribution < -0.4 is 15.8 Å². The number of hydrogen-bond donors (Lipinski definition) is 3. The van der Waals surface area contributed by atoms with Gasteiger partial charge in [-0.05, 0) is 12.1 Å². The van der Waals surface area contributed by atoms with E-state index in [2.05, 4.69) is 15.0 Å². The molecular weight excluding hydrogens is 324 g/mol. The predicted octanol–water partition coefficient (Wildman–Crippen LogP) is 0.231. The maximum atomic E-state index is 11.8. The molecule has 1 aromatic heterocycles. The molecule has 0 amide bonds. The number of guanidine groups is 1. The highest BCUT2D eigenvalue weighted by Crippen LogP contribution is 2.25. The second-order valence-electron chi connectivity index (χ2n) is 3.64. The van der Waals surface area contributed by atoms with Gasteiger partial charge in [-0.2, -0.15) is 0 Å². The van der Waals surface area contributed by atoms with Crippen molar-refractivity contribution in [3.8, 4) is 0 Å². The van der Waals surface area contributed by atoms with Gasteiger partial charge in [0.1, 0.15) is 4.21 Å². The number of sulfonamides is 1. The second-order valence-corrected chi connectivity index (χ2v) is 7.35. The number of nitrogens with two attached hydrogens (primary N) is 1. The van der Waals surface area contributed by atoms with Gasteiger partial charge in [-0.15, -0.1) is 11.3 Å². The zero-order chi connectivity index (χ0) is 15.0. The van der Waals surface area contributed by atoms with Crippen molar-refractivity contribution in [2.45, 2.75) is 4.21 Å². The van der Waals surface area contributed by atoms with Crippen molar-refractivity contribution in [3.05, 3.63) is 16.5 Å². The van der Waals surface area contributed by atoms with Crippen molar-refractivity contribution in [1.82, 2.24) is 10.0 Å². The van der Waals surface area contributed by atoms with Crippen LogP contribution in [0.1, 0.15) is 0 Å². The first-order valence-electron chi connectivity index (χ1n) is 5.73. The number of nitrogens with one attached hydrogen (secondary N) is 2. The topological polar surface area (TPSA) is 106 Å². The van der Waals surface area contributed by atoms with Crippen LogP contribution in [0.5, 0.6) is 0 Å². The largest absolute Gasteiger partial charge is 0.383 e. The van der Waals surface area contributed by atoms with E-state index in [0.717, 1.165) is 11.3 Å². The molecule has 1 heterocycles. The summed E-state index contributed by atoms with van der Waals surface area (Å²) in [7, 11) is -1.94. The molecule has 0 aromatic carbocycles. The van der Waals surface area contributed by atoms with E-state index in [-0.39, 0.29) is 23.3 Å². The van der Waals surface area contributed by atoms with Crippen LogP contribution in [0.25, 0.3) is 0 Å². The molecule has 10 heteroatoms. The van der Waals surface area contributed by atoms with Crippen LogP contribution in [-0.4, -0.2) is 47.7 Å². The molecule has 0 bridgehead atoms. The standard InChI is InChI=1S/C10H17ClN4O3S2/c1-18-7-6-14-10(12)13-4-5-15-20(16,17)9-3-2-8(11)19-9/h2-3,15H,4-7H2,1H3,(H3,12,13,14). The van der Waals surface area contributed by atoms with E-state index in [1.807, 2.05) is 0 Å². The second kappa shape index (κ2) is 8.42. The first kappa shape index (κ1) is 17.2. The normalized spacial score (nSPS) is 12.6. The van der Waals surface area contributed by atoms with E-state index in [0.29, 0.717) is 17.5 Å². The molecule has 0 aliphatic rings. The zero-order valence-electron chi connectivity index (χ0n) is 10.9. The van der Waals surface area contributed by atoms with Crippen LogP contribution in [0.15, 0.2) is 21.3 Å². The summed E-state index contributed by atoms with van der Waals surface area (Å²) in [6, 6.07) is 3.00. The summed E-state index contributed by atoms with van der Waals surface area (Å²) in [5.41, 5.74) is 5.57. The van der Waals surface area contributed by atoms with Crippen LogP contribution in [0.3, 0.4) is 0 Å². The fraction of sp³-hybridized carbons (Fsp3) is 0.500. The van der Waals surface area contributed by atoms with Crippen molar-refractivity contribution in [3.63, 3.8) is 0 Å². The minimum atomic E-state index is -3.52. The highest BCUT2D eigenvalue weighted by molar-refractivity contribution is 7.91. The van der Waals surface area contributed by atoms with Gasteiger partial charge in [0.05, 0.1) is 17.5 Å². The summed E-state index contributed by atoms with van der Waals surface area (Å²) in [5, 5.41) is 2.83. The highest BCUT2D eigenvalue weighted by atomic mass is 35.5. The molecule has 0 spiro atoms. The number of halogens is 1. The van der Waals surface area contributed by atoms with Gasteiger partial charge in [0.2, 0.25) is 10.0 Å². The maximum absolute atomic E-state index is 11.8. The summed E-state index contributed by atoms with van der Waals surface area (Å²) in [4.78, 5) is 3.98. The molecule has 0 saturated heterocycles. The molecule has 7 nitrogen and oxygen atoms in total. The quantitative estimate of drug-likeness (QED) is 0.357. The third-order valence-electron chi connectivity index (χ3n) is 2.11. The predicted molar refractivity (Wildman–Crippen MR) is 80.9 cm³/mol. The van der Waals surface area contributed by atoms with E-state index < -0.39 is 10.0 Å². The summed E-state index contributed by atoms with van der Waals surface area (Å²) in [5.74, 6) is 0.250. The van der Waals surface area contributed by atoms with Gasteiger partial charge in [0, 0.05) is 20.2 Å². The lowest BCUT2D eigenvalue weighted by molar-refractivity contribution is 0.204. The molecule has 0 aliphatic heterocycles. The highest BCUT2D eigenvalue weighted by Gasteiger charge is 2.15. The van der Waals surface area contributed by atoms with Gasteiger partial charge in [-0.3, -0.25) is 4.99 Å². The molecule has 0 saturated carbocycles. The Balaban J connectivity index is 2.35. The van der Waals surface area contributed by atoms with E-state index in [4.69, 9.17) is 22.1 Å². The summed E-state index contributed by atoms with van der Waals surface area (Å²) in [6.07, 6.45) is 0. The number of thiophene rings is 1. The molecule has 20 heavy (non-hydrogen) atoms. The fourth-order valence-corrected chi connectivity index (χ4v) is 3.76. The minimum Gasteiger partial charge on any atom is -0.383 e. The number of rotatable bonds is 8. The van der Waals surface area contributed by atoms with E-state index in [1.54, 1.807) is 7.11 Å². The van der Waals surface area contributed by atoms with Crippen molar-refractivity contribution in [2.24, 2.45) is 10.7 Å². The first-order chi connectivity index (χ1) is 9.45. The number of aliphatic imine (C=N–C) groups is 1. The first-order valence-corrected chi connectivity index (χ1v) is 8.41. The van der Waals surface area contributed by atoms with Crippen LogP contribution >= 0.6 is 22.9 Å². The minimum absolute atomic E-state index is 0.157. The molecule has 4 N–H and O–H groups in total. The monoisotopic (exact) mass is 340 g/mol. The van der Waals surface area contributed by atoms with Crippen LogP contribution in [-0.2, 0) is 14.8 Å². The fourth-order valence-electron chi connectivity index (χ4n) is 1.21. The number of ether oxygens (including phenoxy) is 1. The van der Waals surface area contributed by atoms with Gasteiger partial charge < -0.3 is 15.8 Å². The van der Waals surface area contributed by atoms with E-state index in [9.17, 15) is 8.42 Å². The lowest BCUT2D eigenvalue weighted by atomic mass is 10.6. The van der Waals surface area contributed by atoms with E-state index in [1.165, 1.54) is 12.1 Å². The van der Waals surface area contributed by atoms with Crippen LogP contribution in [0, 0.1) is 0 Å². The molecule has 0 fully saturated rings. The van der Waals surface area contributed by atoms with E-state index >= 15 is 0 Å². The molecule has 1 rings (SSSR count). The van der Waals surface area contributed by atoms with Gasteiger partial charge in [0.15, 0.2) is 5.96 Å². The summed E-state index contributed by atoms with van der Waals surface area (Å²) < 4.78 is 31.5. The smallest absolute Gasteiger partial charge is 0.250 e. The van der Waals surface area contributed by atoms with Crippen molar-refractivity contribution in [2.75, 3.05) is 33.4 Å². The Labute approximate surface area is 127 Å². The number of methoxy groups -OCH3 is 1. The number of nitrogens with zero attached hydrogens (tertiary/aromatic N) is 1. The zero-order valence-corrected chi connectivity index (χ0v) is 13.3. The van der Waals surface area contributed by atoms with Gasteiger partial charge in [-0.1, -0.05) is 11.6 Å².